The lowest BCUT2D eigenvalue weighted by atomic mass is 10.2. The van der Waals surface area contributed by atoms with Crippen molar-refractivity contribution in [2.75, 3.05) is 5.32 Å². The molecule has 4 nitrogen and oxygen atoms in total. The molecular weight excluding hydrogens is 353 g/mol. The molecule has 7 heteroatoms. The molecule has 0 aromatic heterocycles. The van der Waals surface area contributed by atoms with Gasteiger partial charge in [0.05, 0.1) is 22.4 Å². The van der Waals surface area contributed by atoms with E-state index in [1.165, 1.54) is 30.0 Å². The number of fused-ring (bicyclic) bond motifs is 1. The number of benzene rings is 2. The highest BCUT2D eigenvalue weighted by Crippen LogP contribution is 2.36. The summed E-state index contributed by atoms with van der Waals surface area (Å²) in [6.07, 6.45) is -0.100. The van der Waals surface area contributed by atoms with E-state index in [-0.39, 0.29) is 29.5 Å². The highest BCUT2D eigenvalue weighted by molar-refractivity contribution is 8.01. The zero-order valence-electron chi connectivity index (χ0n) is 12.4. The number of hydrogen-bond acceptors (Lipinski definition) is 4. The first kappa shape index (κ1) is 16.8. The second-order valence-electron chi connectivity index (χ2n) is 5.16. The van der Waals surface area contributed by atoms with Crippen molar-refractivity contribution in [2.45, 2.75) is 23.2 Å². The van der Waals surface area contributed by atoms with Crippen LogP contribution < -0.4 is 5.32 Å². The number of para-hydroxylation sites is 1. The number of carbonyl (C=O) groups is 2. The monoisotopic (exact) mass is 365 g/mol. The number of halogens is 2. The van der Waals surface area contributed by atoms with Crippen molar-refractivity contribution in [1.82, 2.24) is 0 Å². The van der Waals surface area contributed by atoms with Gasteiger partial charge in [-0.15, -0.1) is 11.8 Å². The second-order valence-corrected chi connectivity index (χ2v) is 6.81. The fourth-order valence-electron chi connectivity index (χ4n) is 2.26. The lowest BCUT2D eigenvalue weighted by molar-refractivity contribution is -0.145. The summed E-state index contributed by atoms with van der Waals surface area (Å²) >= 11 is 7.19. The van der Waals surface area contributed by atoms with Crippen LogP contribution >= 0.6 is 23.4 Å². The minimum Gasteiger partial charge on any atom is -0.461 e. The summed E-state index contributed by atoms with van der Waals surface area (Å²) in [6, 6.07) is 11.6. The lowest BCUT2D eigenvalue weighted by Gasteiger charge is -2.23. The molecule has 0 aliphatic carbocycles. The Morgan fingerprint density at radius 1 is 1.25 bits per heavy atom. The standard InChI is InChI=1S/C17H13ClFNO3S/c18-11-4-3-5-12(19)10(11)9-23-16(21)8-15-17(22)20-13-6-1-2-7-14(13)24-15/h1-7,15H,8-9H2,(H,20,22)/t15-/m0/s1. The average molecular weight is 366 g/mol. The molecule has 3 rings (SSSR count). The van der Waals surface area contributed by atoms with Gasteiger partial charge < -0.3 is 10.1 Å². The Labute approximate surface area is 147 Å². The van der Waals surface area contributed by atoms with Crippen LogP contribution in [-0.2, 0) is 20.9 Å². The van der Waals surface area contributed by atoms with Gasteiger partial charge in [0.2, 0.25) is 5.91 Å². The van der Waals surface area contributed by atoms with E-state index in [1.807, 2.05) is 18.2 Å². The molecule has 0 fully saturated rings. The summed E-state index contributed by atoms with van der Waals surface area (Å²) in [5.74, 6) is -1.37. The third-order valence-corrected chi connectivity index (χ3v) is 5.13. The van der Waals surface area contributed by atoms with E-state index in [9.17, 15) is 14.0 Å². The highest BCUT2D eigenvalue weighted by Gasteiger charge is 2.29. The van der Waals surface area contributed by atoms with Gasteiger partial charge in [-0.1, -0.05) is 29.8 Å². The predicted octanol–water partition coefficient (Wildman–Crippen LogP) is 4.03. The fourth-order valence-corrected chi connectivity index (χ4v) is 3.57. The van der Waals surface area contributed by atoms with Gasteiger partial charge >= 0.3 is 5.97 Å². The molecule has 24 heavy (non-hydrogen) atoms. The second kappa shape index (κ2) is 7.23. The number of amides is 1. The molecule has 2 aromatic carbocycles. The summed E-state index contributed by atoms with van der Waals surface area (Å²) in [7, 11) is 0. The maximum absolute atomic E-state index is 13.6. The Hall–Kier alpha value is -2.05. The molecule has 1 amide bonds. The van der Waals surface area contributed by atoms with Gasteiger partial charge in [0.25, 0.3) is 0 Å². The van der Waals surface area contributed by atoms with E-state index in [1.54, 1.807) is 6.07 Å². The first-order valence-corrected chi connectivity index (χ1v) is 8.45. The van der Waals surface area contributed by atoms with Crippen LogP contribution in [0.3, 0.4) is 0 Å². The van der Waals surface area contributed by atoms with E-state index in [0.29, 0.717) is 0 Å². The van der Waals surface area contributed by atoms with Crippen molar-refractivity contribution < 1.29 is 18.7 Å². The van der Waals surface area contributed by atoms with Gasteiger partial charge in [-0.3, -0.25) is 9.59 Å². The van der Waals surface area contributed by atoms with Crippen molar-refractivity contribution in [3.8, 4) is 0 Å². The van der Waals surface area contributed by atoms with E-state index >= 15 is 0 Å². The SMILES string of the molecule is O=C(C[C@@H]1Sc2ccccc2NC1=O)OCc1c(F)cccc1Cl. The van der Waals surface area contributed by atoms with E-state index < -0.39 is 17.0 Å². The molecule has 0 spiro atoms. The highest BCUT2D eigenvalue weighted by atomic mass is 35.5. The van der Waals surface area contributed by atoms with Gasteiger partial charge in [-0.05, 0) is 24.3 Å². The molecule has 0 bridgehead atoms. The number of carbonyl (C=O) groups excluding carboxylic acids is 2. The molecule has 0 unspecified atom stereocenters. The van der Waals surface area contributed by atoms with E-state index in [4.69, 9.17) is 16.3 Å². The van der Waals surface area contributed by atoms with E-state index in [0.717, 1.165) is 10.6 Å². The van der Waals surface area contributed by atoms with E-state index in [2.05, 4.69) is 5.32 Å². The Morgan fingerprint density at radius 2 is 2.04 bits per heavy atom. The van der Waals surface area contributed by atoms with Gasteiger partial charge in [0.1, 0.15) is 12.4 Å². The summed E-state index contributed by atoms with van der Waals surface area (Å²) in [5, 5.41) is 2.37. The number of anilines is 1. The number of thioether (sulfide) groups is 1. The summed E-state index contributed by atoms with van der Waals surface area (Å²) in [4.78, 5) is 24.9. The molecule has 1 N–H and O–H groups in total. The molecule has 0 radical (unpaired) electrons. The van der Waals surface area contributed by atoms with Crippen LogP contribution in [0.5, 0.6) is 0 Å². The van der Waals surface area contributed by atoms with Crippen LogP contribution in [0.1, 0.15) is 12.0 Å². The minimum absolute atomic E-state index is 0.100. The summed E-state index contributed by atoms with van der Waals surface area (Å²) in [5.41, 5.74) is 0.855. The minimum atomic E-state index is -0.582. The number of nitrogens with one attached hydrogen (secondary N) is 1. The Balaban J connectivity index is 1.60. The topological polar surface area (TPSA) is 55.4 Å². The zero-order chi connectivity index (χ0) is 17.1. The first-order valence-electron chi connectivity index (χ1n) is 7.19. The predicted molar refractivity (Wildman–Crippen MR) is 90.5 cm³/mol. The largest absolute Gasteiger partial charge is 0.461 e. The maximum Gasteiger partial charge on any atom is 0.307 e. The van der Waals surface area contributed by atoms with Crippen molar-refractivity contribution in [1.29, 1.82) is 0 Å². The van der Waals surface area contributed by atoms with Gasteiger partial charge in [-0.25, -0.2) is 4.39 Å². The molecule has 1 aliphatic rings. The fraction of sp³-hybridized carbons (Fsp3) is 0.176. The molecule has 124 valence electrons. The van der Waals surface area contributed by atoms with Gasteiger partial charge in [0.15, 0.2) is 0 Å². The number of esters is 1. The van der Waals surface area contributed by atoms with Crippen molar-refractivity contribution in [3.05, 3.63) is 58.9 Å². The van der Waals surface area contributed by atoms with Crippen LogP contribution in [0.25, 0.3) is 0 Å². The van der Waals surface area contributed by atoms with Crippen LogP contribution in [-0.4, -0.2) is 17.1 Å². The van der Waals surface area contributed by atoms with Crippen LogP contribution in [0.4, 0.5) is 10.1 Å². The normalized spacial score (nSPS) is 16.2. The molecule has 0 saturated carbocycles. The van der Waals surface area contributed by atoms with Crippen LogP contribution in [0, 0.1) is 5.82 Å². The molecule has 1 atom stereocenters. The first-order chi connectivity index (χ1) is 11.5. The summed E-state index contributed by atoms with van der Waals surface area (Å²) < 4.78 is 18.7. The molecule has 1 aliphatic heterocycles. The molecule has 2 aromatic rings. The Kier molecular flexibility index (Phi) is 5.06. The third kappa shape index (κ3) is 3.71. The third-order valence-electron chi connectivity index (χ3n) is 3.50. The molecular formula is C17H13ClFNO3S. The van der Waals surface area contributed by atoms with Gasteiger partial charge in [0, 0.05) is 10.5 Å². The van der Waals surface area contributed by atoms with Crippen LogP contribution in [0.15, 0.2) is 47.4 Å². The van der Waals surface area contributed by atoms with Gasteiger partial charge in [-0.2, -0.15) is 0 Å². The van der Waals surface area contributed by atoms with Crippen molar-refractivity contribution in [2.24, 2.45) is 0 Å². The van der Waals surface area contributed by atoms with Crippen molar-refractivity contribution >= 4 is 40.9 Å². The average Bonchev–Trinajstić information content (AvgIpc) is 2.55. The number of rotatable bonds is 4. The Bertz CT molecular complexity index is 779. The quantitative estimate of drug-likeness (QED) is 0.831. The smallest absolute Gasteiger partial charge is 0.307 e. The molecule has 1 heterocycles. The number of ether oxygens (including phenoxy) is 1. The number of hydrogen-bond donors (Lipinski definition) is 1. The Morgan fingerprint density at radius 3 is 2.83 bits per heavy atom. The zero-order valence-corrected chi connectivity index (χ0v) is 14.0. The maximum atomic E-state index is 13.6. The van der Waals surface area contributed by atoms with Crippen molar-refractivity contribution in [3.63, 3.8) is 0 Å². The molecule has 0 saturated heterocycles. The lowest BCUT2D eigenvalue weighted by Crippen LogP contribution is -2.31. The summed E-state index contributed by atoms with van der Waals surface area (Å²) in [6.45, 7) is -0.264. The van der Waals surface area contributed by atoms with Crippen LogP contribution in [0.2, 0.25) is 5.02 Å².